The van der Waals surface area contributed by atoms with Crippen LogP contribution in [0.5, 0.6) is 0 Å². The van der Waals surface area contributed by atoms with Gasteiger partial charge in [0.15, 0.2) is 0 Å². The maximum atomic E-state index is 9.11. The maximum absolute atomic E-state index is 9.11. The van der Waals surface area contributed by atoms with E-state index < -0.39 is 5.54 Å². The van der Waals surface area contributed by atoms with Crippen LogP contribution in [0.2, 0.25) is 0 Å². The first-order valence-electron chi connectivity index (χ1n) is 5.56. The van der Waals surface area contributed by atoms with Gasteiger partial charge in [0.2, 0.25) is 0 Å². The van der Waals surface area contributed by atoms with E-state index >= 15 is 0 Å². The molecule has 0 aliphatic heterocycles. The normalized spacial score (nSPS) is 13.7. The third kappa shape index (κ3) is 6.66. The van der Waals surface area contributed by atoms with Crippen molar-refractivity contribution in [3.63, 3.8) is 0 Å². The summed E-state index contributed by atoms with van der Waals surface area (Å²) in [6.45, 7) is 7.98. The standard InChI is InChI=1S/C12H25NO2/c1-10(2)6-5-7-11(3)13-12(4,8-14)9-15/h6,11,13-15H,5,7-9H2,1-4H3. The SMILES string of the molecule is CC(C)=CCCC(C)NC(C)(CO)CO. The Morgan fingerprint density at radius 1 is 1.33 bits per heavy atom. The molecule has 0 aliphatic rings. The second-order valence-electron chi connectivity index (χ2n) is 4.78. The van der Waals surface area contributed by atoms with E-state index in [2.05, 4.69) is 32.2 Å². The Morgan fingerprint density at radius 3 is 2.27 bits per heavy atom. The largest absolute Gasteiger partial charge is 0.394 e. The smallest absolute Gasteiger partial charge is 0.0633 e. The first-order chi connectivity index (χ1) is 6.93. The van der Waals surface area contributed by atoms with Crippen molar-refractivity contribution in [2.24, 2.45) is 0 Å². The third-order valence-corrected chi connectivity index (χ3v) is 2.45. The first kappa shape index (κ1) is 14.6. The molecule has 0 bridgehead atoms. The van der Waals surface area contributed by atoms with E-state index in [0.29, 0.717) is 6.04 Å². The Bertz CT molecular complexity index is 194. The second-order valence-corrected chi connectivity index (χ2v) is 4.78. The van der Waals surface area contributed by atoms with Crippen molar-refractivity contribution in [1.29, 1.82) is 0 Å². The molecule has 0 aromatic carbocycles. The highest BCUT2D eigenvalue weighted by Crippen LogP contribution is 2.07. The van der Waals surface area contributed by atoms with Gasteiger partial charge in [-0.15, -0.1) is 0 Å². The predicted octanol–water partition coefficient (Wildman–Crippen LogP) is 1.45. The fraction of sp³-hybridized carbons (Fsp3) is 0.833. The van der Waals surface area contributed by atoms with Crippen LogP contribution in [-0.4, -0.2) is 35.0 Å². The van der Waals surface area contributed by atoms with E-state index in [9.17, 15) is 0 Å². The van der Waals surface area contributed by atoms with Gasteiger partial charge in [0.1, 0.15) is 0 Å². The van der Waals surface area contributed by atoms with Gasteiger partial charge in [0.25, 0.3) is 0 Å². The molecule has 0 spiro atoms. The van der Waals surface area contributed by atoms with E-state index in [4.69, 9.17) is 10.2 Å². The molecule has 0 aromatic rings. The van der Waals surface area contributed by atoms with Crippen molar-refractivity contribution in [2.75, 3.05) is 13.2 Å². The lowest BCUT2D eigenvalue weighted by Gasteiger charge is -2.30. The molecule has 15 heavy (non-hydrogen) atoms. The summed E-state index contributed by atoms with van der Waals surface area (Å²) in [5.74, 6) is 0. The zero-order valence-electron chi connectivity index (χ0n) is 10.4. The molecular formula is C12H25NO2. The second kappa shape index (κ2) is 6.99. The molecular weight excluding hydrogens is 190 g/mol. The van der Waals surface area contributed by atoms with Crippen LogP contribution >= 0.6 is 0 Å². The highest BCUT2D eigenvalue weighted by molar-refractivity contribution is 4.93. The fourth-order valence-electron chi connectivity index (χ4n) is 1.43. The van der Waals surface area contributed by atoms with Crippen molar-refractivity contribution in [2.45, 2.75) is 52.1 Å². The molecule has 0 fully saturated rings. The highest BCUT2D eigenvalue weighted by Gasteiger charge is 2.23. The number of nitrogens with one attached hydrogen (secondary N) is 1. The van der Waals surface area contributed by atoms with E-state index in [0.717, 1.165) is 12.8 Å². The van der Waals surface area contributed by atoms with Gasteiger partial charge >= 0.3 is 0 Å². The van der Waals surface area contributed by atoms with Crippen molar-refractivity contribution in [3.8, 4) is 0 Å². The Morgan fingerprint density at radius 2 is 1.87 bits per heavy atom. The van der Waals surface area contributed by atoms with Crippen molar-refractivity contribution in [3.05, 3.63) is 11.6 Å². The zero-order valence-corrected chi connectivity index (χ0v) is 10.4. The van der Waals surface area contributed by atoms with Gasteiger partial charge in [-0.3, -0.25) is 0 Å². The Balaban J connectivity index is 3.92. The van der Waals surface area contributed by atoms with Gasteiger partial charge in [0.05, 0.1) is 18.8 Å². The lowest BCUT2D eigenvalue weighted by molar-refractivity contribution is 0.0948. The van der Waals surface area contributed by atoms with Gasteiger partial charge in [-0.05, 0) is 40.5 Å². The number of hydrogen-bond acceptors (Lipinski definition) is 3. The zero-order chi connectivity index (χ0) is 11.9. The molecule has 0 rings (SSSR count). The fourth-order valence-corrected chi connectivity index (χ4v) is 1.43. The summed E-state index contributed by atoms with van der Waals surface area (Å²) in [5.41, 5.74) is 0.763. The lowest BCUT2D eigenvalue weighted by Crippen LogP contribution is -2.52. The molecule has 0 heterocycles. The third-order valence-electron chi connectivity index (χ3n) is 2.45. The van der Waals surface area contributed by atoms with Gasteiger partial charge in [-0.2, -0.15) is 0 Å². The van der Waals surface area contributed by atoms with Gasteiger partial charge in [0, 0.05) is 6.04 Å². The summed E-state index contributed by atoms with van der Waals surface area (Å²) >= 11 is 0. The maximum Gasteiger partial charge on any atom is 0.0633 e. The summed E-state index contributed by atoms with van der Waals surface area (Å²) in [6, 6.07) is 0.296. The highest BCUT2D eigenvalue weighted by atomic mass is 16.3. The first-order valence-corrected chi connectivity index (χ1v) is 5.56. The minimum Gasteiger partial charge on any atom is -0.394 e. The van der Waals surface area contributed by atoms with Crippen LogP contribution in [0.1, 0.15) is 40.5 Å². The molecule has 0 aromatic heterocycles. The van der Waals surface area contributed by atoms with E-state index in [1.807, 2.05) is 6.92 Å². The van der Waals surface area contributed by atoms with Crippen LogP contribution in [0, 0.1) is 0 Å². The molecule has 0 amide bonds. The van der Waals surface area contributed by atoms with Crippen LogP contribution in [0.15, 0.2) is 11.6 Å². The molecule has 3 nitrogen and oxygen atoms in total. The Hall–Kier alpha value is -0.380. The number of allylic oxidation sites excluding steroid dienone is 2. The molecule has 1 unspecified atom stereocenters. The van der Waals surface area contributed by atoms with Crippen molar-refractivity contribution < 1.29 is 10.2 Å². The summed E-state index contributed by atoms with van der Waals surface area (Å²) in [4.78, 5) is 0. The van der Waals surface area contributed by atoms with Gasteiger partial charge in [-0.25, -0.2) is 0 Å². The average molecular weight is 215 g/mol. The predicted molar refractivity (Wildman–Crippen MR) is 63.8 cm³/mol. The molecule has 0 aliphatic carbocycles. The molecule has 0 radical (unpaired) electrons. The number of rotatable bonds is 7. The monoisotopic (exact) mass is 215 g/mol. The van der Waals surface area contributed by atoms with Crippen LogP contribution < -0.4 is 5.32 Å². The van der Waals surface area contributed by atoms with Crippen molar-refractivity contribution >= 4 is 0 Å². The number of aliphatic hydroxyl groups is 2. The summed E-state index contributed by atoms with van der Waals surface area (Å²) < 4.78 is 0. The van der Waals surface area contributed by atoms with Crippen molar-refractivity contribution in [1.82, 2.24) is 5.32 Å². The minimum atomic E-state index is -0.565. The van der Waals surface area contributed by atoms with E-state index in [1.165, 1.54) is 5.57 Å². The summed E-state index contributed by atoms with van der Waals surface area (Å²) in [6.07, 6.45) is 4.25. The average Bonchev–Trinajstić information content (AvgIpc) is 2.17. The number of hydrogen-bond donors (Lipinski definition) is 3. The minimum absolute atomic E-state index is 0.0452. The molecule has 90 valence electrons. The van der Waals surface area contributed by atoms with Crippen LogP contribution in [-0.2, 0) is 0 Å². The van der Waals surface area contributed by atoms with E-state index in [1.54, 1.807) is 0 Å². The molecule has 0 saturated carbocycles. The van der Waals surface area contributed by atoms with Crippen LogP contribution in [0.3, 0.4) is 0 Å². The van der Waals surface area contributed by atoms with Gasteiger partial charge in [-0.1, -0.05) is 11.6 Å². The molecule has 1 atom stereocenters. The molecule has 3 N–H and O–H groups in total. The van der Waals surface area contributed by atoms with E-state index in [-0.39, 0.29) is 13.2 Å². The van der Waals surface area contributed by atoms with Crippen LogP contribution in [0.4, 0.5) is 0 Å². The topological polar surface area (TPSA) is 52.5 Å². The lowest BCUT2D eigenvalue weighted by atomic mass is 10.0. The number of aliphatic hydroxyl groups excluding tert-OH is 2. The van der Waals surface area contributed by atoms with Gasteiger partial charge < -0.3 is 15.5 Å². The summed E-state index contributed by atoms with van der Waals surface area (Å²) in [7, 11) is 0. The Kier molecular flexibility index (Phi) is 6.81. The molecule has 3 heteroatoms. The Labute approximate surface area is 93.2 Å². The molecule has 0 saturated heterocycles. The quantitative estimate of drug-likeness (QED) is 0.563. The van der Waals surface area contributed by atoms with Crippen LogP contribution in [0.25, 0.3) is 0 Å². The summed E-state index contributed by atoms with van der Waals surface area (Å²) in [5, 5.41) is 21.5.